The van der Waals surface area contributed by atoms with Gasteiger partial charge >= 0.3 is 5.97 Å². The third-order valence-electron chi connectivity index (χ3n) is 3.08. The number of rotatable bonds is 5. The molecule has 2 aromatic carbocycles. The molecule has 0 spiro atoms. The predicted molar refractivity (Wildman–Crippen MR) is 76.8 cm³/mol. The van der Waals surface area contributed by atoms with Gasteiger partial charge in [0.1, 0.15) is 5.82 Å². The normalized spacial score (nSPS) is 10.3. The quantitative estimate of drug-likeness (QED) is 0.872. The van der Waals surface area contributed by atoms with Gasteiger partial charge in [0, 0.05) is 11.4 Å². The number of anilines is 2. The Kier molecular flexibility index (Phi) is 4.35. The SMILES string of the molecule is CCc1ccccc1Nc1ccc(F)cc1CC(=O)O. The van der Waals surface area contributed by atoms with E-state index in [1.54, 1.807) is 6.07 Å². The van der Waals surface area contributed by atoms with Crippen molar-refractivity contribution in [2.45, 2.75) is 19.8 Å². The molecule has 2 aromatic rings. The van der Waals surface area contributed by atoms with Crippen molar-refractivity contribution >= 4 is 17.3 Å². The first-order valence-electron chi connectivity index (χ1n) is 6.45. The fraction of sp³-hybridized carbons (Fsp3) is 0.188. The molecule has 0 saturated heterocycles. The summed E-state index contributed by atoms with van der Waals surface area (Å²) in [7, 11) is 0. The molecule has 104 valence electrons. The van der Waals surface area contributed by atoms with E-state index in [2.05, 4.69) is 5.32 Å². The number of carboxylic acid groups (broad SMARTS) is 1. The van der Waals surface area contributed by atoms with E-state index in [9.17, 15) is 9.18 Å². The standard InChI is InChI=1S/C16H16FNO2/c1-2-11-5-3-4-6-14(11)18-15-8-7-13(17)9-12(15)10-16(19)20/h3-9,18H,2,10H2,1H3,(H,19,20). The lowest BCUT2D eigenvalue weighted by Gasteiger charge is -2.14. The van der Waals surface area contributed by atoms with Gasteiger partial charge in [0.2, 0.25) is 0 Å². The average molecular weight is 273 g/mol. The number of hydrogen-bond donors (Lipinski definition) is 2. The van der Waals surface area contributed by atoms with Crippen molar-refractivity contribution in [1.82, 2.24) is 0 Å². The summed E-state index contributed by atoms with van der Waals surface area (Å²) in [6, 6.07) is 11.9. The molecule has 0 atom stereocenters. The highest BCUT2D eigenvalue weighted by Crippen LogP contribution is 2.25. The number of carbonyl (C=O) groups is 1. The van der Waals surface area contributed by atoms with E-state index in [1.807, 2.05) is 31.2 Å². The monoisotopic (exact) mass is 273 g/mol. The molecule has 0 radical (unpaired) electrons. The van der Waals surface area contributed by atoms with E-state index in [1.165, 1.54) is 12.1 Å². The van der Waals surface area contributed by atoms with Crippen LogP contribution in [-0.2, 0) is 17.6 Å². The van der Waals surface area contributed by atoms with E-state index in [0.717, 1.165) is 17.7 Å². The van der Waals surface area contributed by atoms with Crippen LogP contribution in [0.3, 0.4) is 0 Å². The fourth-order valence-corrected chi connectivity index (χ4v) is 2.09. The first-order valence-corrected chi connectivity index (χ1v) is 6.45. The molecule has 0 aliphatic heterocycles. The second-order valence-electron chi connectivity index (χ2n) is 4.51. The van der Waals surface area contributed by atoms with Crippen LogP contribution in [0.15, 0.2) is 42.5 Å². The first-order chi connectivity index (χ1) is 9.60. The third-order valence-corrected chi connectivity index (χ3v) is 3.08. The van der Waals surface area contributed by atoms with Gasteiger partial charge in [-0.3, -0.25) is 4.79 Å². The molecule has 2 rings (SSSR count). The van der Waals surface area contributed by atoms with Crippen LogP contribution < -0.4 is 5.32 Å². The van der Waals surface area contributed by atoms with Gasteiger partial charge < -0.3 is 10.4 Å². The van der Waals surface area contributed by atoms with Crippen molar-refractivity contribution in [2.24, 2.45) is 0 Å². The summed E-state index contributed by atoms with van der Waals surface area (Å²) in [5.74, 6) is -1.42. The van der Waals surface area contributed by atoms with Crippen molar-refractivity contribution < 1.29 is 14.3 Å². The van der Waals surface area contributed by atoms with Gasteiger partial charge in [-0.1, -0.05) is 25.1 Å². The molecule has 0 unspecified atom stereocenters. The summed E-state index contributed by atoms with van der Waals surface area (Å²) in [6.45, 7) is 2.04. The molecular weight excluding hydrogens is 257 g/mol. The maximum atomic E-state index is 13.3. The summed E-state index contributed by atoms with van der Waals surface area (Å²) in [4.78, 5) is 10.9. The van der Waals surface area contributed by atoms with Crippen molar-refractivity contribution in [1.29, 1.82) is 0 Å². The largest absolute Gasteiger partial charge is 0.481 e. The Morgan fingerprint density at radius 1 is 1.15 bits per heavy atom. The zero-order valence-electron chi connectivity index (χ0n) is 11.2. The van der Waals surface area contributed by atoms with Crippen LogP contribution in [0.4, 0.5) is 15.8 Å². The number of para-hydroxylation sites is 1. The lowest BCUT2D eigenvalue weighted by Crippen LogP contribution is -2.05. The van der Waals surface area contributed by atoms with E-state index in [4.69, 9.17) is 5.11 Å². The minimum Gasteiger partial charge on any atom is -0.481 e. The van der Waals surface area contributed by atoms with Gasteiger partial charge in [-0.05, 0) is 41.8 Å². The summed E-state index contributed by atoms with van der Waals surface area (Å²) >= 11 is 0. The Morgan fingerprint density at radius 2 is 1.85 bits per heavy atom. The number of carboxylic acids is 1. The Balaban J connectivity index is 2.35. The third kappa shape index (κ3) is 3.35. The molecule has 0 amide bonds. The Hall–Kier alpha value is -2.36. The molecule has 4 heteroatoms. The zero-order valence-corrected chi connectivity index (χ0v) is 11.2. The molecule has 3 nitrogen and oxygen atoms in total. The molecule has 20 heavy (non-hydrogen) atoms. The molecule has 0 heterocycles. The van der Waals surface area contributed by atoms with Gasteiger partial charge in [-0.25, -0.2) is 4.39 Å². The van der Waals surface area contributed by atoms with Gasteiger partial charge in [0.25, 0.3) is 0 Å². The van der Waals surface area contributed by atoms with E-state index in [0.29, 0.717) is 11.3 Å². The van der Waals surface area contributed by atoms with Crippen molar-refractivity contribution in [2.75, 3.05) is 5.32 Å². The second kappa shape index (κ2) is 6.19. The van der Waals surface area contributed by atoms with E-state index < -0.39 is 11.8 Å². The van der Waals surface area contributed by atoms with Crippen LogP contribution >= 0.6 is 0 Å². The van der Waals surface area contributed by atoms with Crippen molar-refractivity contribution in [3.05, 3.63) is 59.4 Å². The molecule has 0 saturated carbocycles. The van der Waals surface area contributed by atoms with Crippen molar-refractivity contribution in [3.8, 4) is 0 Å². The fourth-order valence-electron chi connectivity index (χ4n) is 2.09. The summed E-state index contributed by atoms with van der Waals surface area (Å²) < 4.78 is 13.3. The van der Waals surface area contributed by atoms with Crippen LogP contribution in [0, 0.1) is 5.82 Å². The molecular formula is C16H16FNO2. The minimum atomic E-state index is -0.984. The van der Waals surface area contributed by atoms with Crippen LogP contribution in [0.1, 0.15) is 18.1 Å². The van der Waals surface area contributed by atoms with E-state index in [-0.39, 0.29) is 6.42 Å². The van der Waals surface area contributed by atoms with Gasteiger partial charge in [0.05, 0.1) is 6.42 Å². The highest BCUT2D eigenvalue weighted by molar-refractivity contribution is 5.75. The molecule has 0 fully saturated rings. The van der Waals surface area contributed by atoms with Crippen LogP contribution in [0.2, 0.25) is 0 Å². The smallest absolute Gasteiger partial charge is 0.307 e. The van der Waals surface area contributed by atoms with Gasteiger partial charge in [-0.2, -0.15) is 0 Å². The van der Waals surface area contributed by atoms with Gasteiger partial charge in [-0.15, -0.1) is 0 Å². The first kappa shape index (κ1) is 14.1. The molecule has 0 aliphatic carbocycles. The maximum Gasteiger partial charge on any atom is 0.307 e. The average Bonchev–Trinajstić information content (AvgIpc) is 2.42. The molecule has 2 N–H and O–H groups in total. The summed E-state index contributed by atoms with van der Waals surface area (Å²) in [5, 5.41) is 12.1. The lowest BCUT2D eigenvalue weighted by atomic mass is 10.1. The molecule has 0 aliphatic rings. The summed E-state index contributed by atoms with van der Waals surface area (Å²) in [5.41, 5.74) is 3.09. The number of halogens is 1. The van der Waals surface area contributed by atoms with Crippen molar-refractivity contribution in [3.63, 3.8) is 0 Å². The highest BCUT2D eigenvalue weighted by Gasteiger charge is 2.09. The number of aryl methyl sites for hydroxylation is 1. The second-order valence-corrected chi connectivity index (χ2v) is 4.51. The molecule has 0 bridgehead atoms. The lowest BCUT2D eigenvalue weighted by molar-refractivity contribution is -0.136. The maximum absolute atomic E-state index is 13.3. The molecule has 0 aromatic heterocycles. The Morgan fingerprint density at radius 3 is 2.55 bits per heavy atom. The number of nitrogens with one attached hydrogen (secondary N) is 1. The van der Waals surface area contributed by atoms with Crippen LogP contribution in [-0.4, -0.2) is 11.1 Å². The predicted octanol–water partition coefficient (Wildman–Crippen LogP) is 3.76. The van der Waals surface area contributed by atoms with Gasteiger partial charge in [0.15, 0.2) is 0 Å². The van der Waals surface area contributed by atoms with Crippen LogP contribution in [0.25, 0.3) is 0 Å². The minimum absolute atomic E-state index is 0.214. The Bertz CT molecular complexity index is 626. The highest BCUT2D eigenvalue weighted by atomic mass is 19.1. The number of aliphatic carboxylic acids is 1. The summed E-state index contributed by atoms with van der Waals surface area (Å²) in [6.07, 6.45) is 0.646. The Labute approximate surface area is 117 Å². The number of benzene rings is 2. The number of hydrogen-bond acceptors (Lipinski definition) is 2. The topological polar surface area (TPSA) is 49.3 Å². The zero-order chi connectivity index (χ0) is 14.5. The van der Waals surface area contributed by atoms with Crippen LogP contribution in [0.5, 0.6) is 0 Å². The van der Waals surface area contributed by atoms with E-state index >= 15 is 0 Å².